The SMILES string of the molecule is CCOC(=O)/C=C/c1ccc(NC(=O)N2CCC[C@@H]2c2ccc(OCC)cc2)cc1. The van der Waals surface area contributed by atoms with E-state index in [1.807, 2.05) is 60.4 Å². The Morgan fingerprint density at radius 1 is 1.07 bits per heavy atom. The lowest BCUT2D eigenvalue weighted by molar-refractivity contribution is -0.137. The highest BCUT2D eigenvalue weighted by Crippen LogP contribution is 2.33. The monoisotopic (exact) mass is 408 g/mol. The summed E-state index contributed by atoms with van der Waals surface area (Å²) in [5, 5.41) is 2.97. The third kappa shape index (κ3) is 5.63. The molecule has 6 heteroatoms. The Kier molecular flexibility index (Phi) is 7.49. The molecule has 1 heterocycles. The van der Waals surface area contributed by atoms with Crippen molar-refractivity contribution in [1.82, 2.24) is 4.90 Å². The summed E-state index contributed by atoms with van der Waals surface area (Å²) in [5.41, 5.74) is 2.69. The van der Waals surface area contributed by atoms with Gasteiger partial charge in [0.15, 0.2) is 0 Å². The molecule has 3 rings (SSSR count). The summed E-state index contributed by atoms with van der Waals surface area (Å²) < 4.78 is 10.4. The standard InChI is InChI=1S/C24H28N2O4/c1-3-29-21-14-10-19(11-15-21)22-6-5-17-26(22)24(28)25-20-12-7-18(8-13-20)9-16-23(27)30-4-2/h7-16,22H,3-6,17H2,1-2H3,(H,25,28)/b16-9+/t22-/m1/s1. The Bertz CT molecular complexity index is 875. The van der Waals surface area contributed by atoms with Crippen LogP contribution in [0.25, 0.3) is 6.08 Å². The van der Waals surface area contributed by atoms with E-state index in [1.165, 1.54) is 6.08 Å². The number of carbonyl (C=O) groups is 2. The quantitative estimate of drug-likeness (QED) is 0.515. The van der Waals surface area contributed by atoms with Crippen molar-refractivity contribution in [2.24, 2.45) is 0 Å². The Hall–Kier alpha value is -3.28. The first-order valence-corrected chi connectivity index (χ1v) is 10.4. The third-order valence-corrected chi connectivity index (χ3v) is 4.95. The van der Waals surface area contributed by atoms with Crippen molar-refractivity contribution >= 4 is 23.8 Å². The largest absolute Gasteiger partial charge is 0.494 e. The van der Waals surface area contributed by atoms with Gasteiger partial charge in [-0.1, -0.05) is 24.3 Å². The first-order chi connectivity index (χ1) is 14.6. The molecule has 0 aromatic heterocycles. The fraction of sp³-hybridized carbons (Fsp3) is 0.333. The molecule has 1 N–H and O–H groups in total. The van der Waals surface area contributed by atoms with Gasteiger partial charge in [0.25, 0.3) is 0 Å². The Balaban J connectivity index is 1.61. The van der Waals surface area contributed by atoms with Crippen molar-refractivity contribution in [2.75, 3.05) is 25.1 Å². The van der Waals surface area contributed by atoms with Crippen LogP contribution in [0.15, 0.2) is 54.6 Å². The maximum atomic E-state index is 12.9. The number of nitrogens with zero attached hydrogens (tertiary/aromatic N) is 1. The molecule has 1 aliphatic heterocycles. The number of benzene rings is 2. The van der Waals surface area contributed by atoms with E-state index in [2.05, 4.69) is 5.32 Å². The number of rotatable bonds is 7. The number of hydrogen-bond acceptors (Lipinski definition) is 4. The number of hydrogen-bond donors (Lipinski definition) is 1. The summed E-state index contributed by atoms with van der Waals surface area (Å²) >= 11 is 0. The van der Waals surface area contributed by atoms with Crippen LogP contribution in [-0.2, 0) is 9.53 Å². The van der Waals surface area contributed by atoms with E-state index in [-0.39, 0.29) is 18.0 Å². The van der Waals surface area contributed by atoms with Gasteiger partial charge < -0.3 is 19.7 Å². The number of esters is 1. The van der Waals surface area contributed by atoms with Gasteiger partial charge in [-0.05, 0) is 68.2 Å². The van der Waals surface area contributed by atoms with Crippen LogP contribution in [0.1, 0.15) is 43.9 Å². The van der Waals surface area contributed by atoms with Crippen LogP contribution < -0.4 is 10.1 Å². The second-order valence-electron chi connectivity index (χ2n) is 6.99. The van der Waals surface area contributed by atoms with Gasteiger partial charge >= 0.3 is 12.0 Å². The summed E-state index contributed by atoms with van der Waals surface area (Å²) in [5.74, 6) is 0.469. The molecule has 30 heavy (non-hydrogen) atoms. The van der Waals surface area contributed by atoms with Crippen LogP contribution in [-0.4, -0.2) is 36.7 Å². The number of nitrogens with one attached hydrogen (secondary N) is 1. The van der Waals surface area contributed by atoms with Gasteiger partial charge in [0.1, 0.15) is 5.75 Å². The third-order valence-electron chi connectivity index (χ3n) is 4.95. The van der Waals surface area contributed by atoms with Gasteiger partial charge in [-0.2, -0.15) is 0 Å². The van der Waals surface area contributed by atoms with Crippen LogP contribution in [0.4, 0.5) is 10.5 Å². The van der Waals surface area contributed by atoms with E-state index >= 15 is 0 Å². The van der Waals surface area contributed by atoms with E-state index in [0.717, 1.165) is 36.3 Å². The van der Waals surface area contributed by atoms with E-state index in [4.69, 9.17) is 9.47 Å². The van der Waals surface area contributed by atoms with Crippen molar-refractivity contribution < 1.29 is 19.1 Å². The van der Waals surface area contributed by atoms with Crippen LogP contribution in [0, 0.1) is 0 Å². The van der Waals surface area contributed by atoms with Gasteiger partial charge in [-0.15, -0.1) is 0 Å². The first kappa shape index (κ1) is 21.4. The molecule has 1 saturated heterocycles. The first-order valence-electron chi connectivity index (χ1n) is 10.4. The Labute approximate surface area is 177 Å². The fourth-order valence-electron chi connectivity index (χ4n) is 3.54. The molecule has 1 fully saturated rings. The van der Waals surface area contributed by atoms with Crippen molar-refractivity contribution in [3.8, 4) is 5.75 Å². The number of likely N-dealkylation sites (tertiary alicyclic amines) is 1. The van der Waals surface area contributed by atoms with Crippen LogP contribution in [0.5, 0.6) is 5.75 Å². The minimum absolute atomic E-state index is 0.0625. The number of amides is 2. The number of carbonyl (C=O) groups excluding carboxylic acids is 2. The zero-order valence-electron chi connectivity index (χ0n) is 17.5. The summed E-state index contributed by atoms with van der Waals surface area (Å²) in [6, 6.07) is 15.3. The van der Waals surface area contributed by atoms with Gasteiger partial charge in [0, 0.05) is 18.3 Å². The molecule has 2 aromatic rings. The average Bonchev–Trinajstić information content (AvgIpc) is 3.24. The van der Waals surface area contributed by atoms with Crippen molar-refractivity contribution in [3.05, 3.63) is 65.7 Å². The molecule has 0 radical (unpaired) electrons. The van der Waals surface area contributed by atoms with E-state index in [9.17, 15) is 9.59 Å². The van der Waals surface area contributed by atoms with E-state index in [1.54, 1.807) is 13.0 Å². The van der Waals surface area contributed by atoms with Crippen molar-refractivity contribution in [1.29, 1.82) is 0 Å². The van der Waals surface area contributed by atoms with Gasteiger partial charge in [-0.3, -0.25) is 0 Å². The minimum atomic E-state index is -0.371. The zero-order valence-corrected chi connectivity index (χ0v) is 17.5. The van der Waals surface area contributed by atoms with Crippen molar-refractivity contribution in [2.45, 2.75) is 32.7 Å². The lowest BCUT2D eigenvalue weighted by atomic mass is 10.0. The summed E-state index contributed by atoms with van der Waals surface area (Å²) in [6.45, 7) is 5.44. The van der Waals surface area contributed by atoms with E-state index in [0.29, 0.717) is 18.9 Å². The second-order valence-corrected chi connectivity index (χ2v) is 6.99. The molecular formula is C24H28N2O4. The van der Waals surface area contributed by atoms with Gasteiger partial charge in [0.05, 0.1) is 19.3 Å². The molecule has 1 atom stereocenters. The molecule has 158 valence electrons. The second kappa shape index (κ2) is 10.5. The van der Waals surface area contributed by atoms with Gasteiger partial charge in [0.2, 0.25) is 0 Å². The molecular weight excluding hydrogens is 380 g/mol. The topological polar surface area (TPSA) is 67.9 Å². The lowest BCUT2D eigenvalue weighted by Crippen LogP contribution is -2.34. The Morgan fingerprint density at radius 2 is 1.80 bits per heavy atom. The molecule has 6 nitrogen and oxygen atoms in total. The van der Waals surface area contributed by atoms with Gasteiger partial charge in [-0.25, -0.2) is 9.59 Å². The molecule has 2 amide bonds. The fourth-order valence-corrected chi connectivity index (χ4v) is 3.54. The predicted molar refractivity (Wildman–Crippen MR) is 117 cm³/mol. The number of urea groups is 1. The highest BCUT2D eigenvalue weighted by molar-refractivity contribution is 5.90. The van der Waals surface area contributed by atoms with Crippen LogP contribution in [0.3, 0.4) is 0 Å². The molecule has 2 aromatic carbocycles. The van der Waals surface area contributed by atoms with E-state index < -0.39 is 0 Å². The molecule has 0 aliphatic carbocycles. The summed E-state index contributed by atoms with van der Waals surface area (Å²) in [7, 11) is 0. The molecule has 0 bridgehead atoms. The van der Waals surface area contributed by atoms with Crippen LogP contribution >= 0.6 is 0 Å². The predicted octanol–water partition coefficient (Wildman–Crippen LogP) is 5.03. The average molecular weight is 408 g/mol. The molecule has 0 unspecified atom stereocenters. The highest BCUT2D eigenvalue weighted by atomic mass is 16.5. The highest BCUT2D eigenvalue weighted by Gasteiger charge is 2.30. The normalized spacial score (nSPS) is 15.9. The minimum Gasteiger partial charge on any atom is -0.494 e. The smallest absolute Gasteiger partial charge is 0.330 e. The van der Waals surface area contributed by atoms with Crippen LogP contribution in [0.2, 0.25) is 0 Å². The zero-order chi connectivity index (χ0) is 21.3. The summed E-state index contributed by atoms with van der Waals surface area (Å²) in [4.78, 5) is 26.1. The summed E-state index contributed by atoms with van der Waals surface area (Å²) in [6.07, 6.45) is 5.00. The Morgan fingerprint density at radius 3 is 2.47 bits per heavy atom. The molecule has 1 aliphatic rings. The lowest BCUT2D eigenvalue weighted by Gasteiger charge is -2.25. The number of anilines is 1. The molecule has 0 saturated carbocycles. The maximum absolute atomic E-state index is 12.9. The van der Waals surface area contributed by atoms with Crippen molar-refractivity contribution in [3.63, 3.8) is 0 Å². The maximum Gasteiger partial charge on any atom is 0.330 e. The number of ether oxygens (including phenoxy) is 2. The molecule has 0 spiro atoms.